The molecule has 2 amide bonds. The second-order valence-electron chi connectivity index (χ2n) is 8.04. The van der Waals surface area contributed by atoms with Gasteiger partial charge >= 0.3 is 0 Å². The second-order valence-corrected chi connectivity index (χ2v) is 8.45. The van der Waals surface area contributed by atoms with E-state index < -0.39 is 0 Å². The maximum Gasteiger partial charge on any atom is 0.270 e. The molecule has 2 atom stereocenters. The third kappa shape index (κ3) is 3.86. The second kappa shape index (κ2) is 8.82. The summed E-state index contributed by atoms with van der Waals surface area (Å²) in [5, 5.41) is 3.73. The van der Waals surface area contributed by atoms with Crippen molar-refractivity contribution in [3.8, 4) is 0 Å². The number of carbonyl (C=O) groups excluding carboxylic acids is 2. The quantitative estimate of drug-likeness (QED) is 0.775. The fraction of sp³-hybridized carbons (Fsp3) is 0.478. The van der Waals surface area contributed by atoms with Crippen molar-refractivity contribution in [3.05, 3.63) is 57.9 Å². The zero-order chi connectivity index (χ0) is 21.3. The van der Waals surface area contributed by atoms with Gasteiger partial charge in [0, 0.05) is 24.2 Å². The molecule has 1 aromatic carbocycles. The first-order valence-electron chi connectivity index (χ1n) is 10.7. The SMILES string of the molecule is CC[C@@H](NC(=O)c1cc(C(=O)N2CCCC2C)n2c1COCC2)c1ccccc1Cl. The van der Waals surface area contributed by atoms with Crippen molar-refractivity contribution in [2.75, 3.05) is 13.2 Å². The van der Waals surface area contributed by atoms with Crippen molar-refractivity contribution in [2.45, 2.75) is 58.3 Å². The maximum atomic E-state index is 13.2. The fourth-order valence-corrected chi connectivity index (χ4v) is 4.74. The number of ether oxygens (including phenoxy) is 1. The lowest BCUT2D eigenvalue weighted by molar-refractivity contribution is 0.0683. The van der Waals surface area contributed by atoms with Gasteiger partial charge in [-0.05, 0) is 43.9 Å². The van der Waals surface area contributed by atoms with E-state index >= 15 is 0 Å². The van der Waals surface area contributed by atoms with E-state index in [0.717, 1.165) is 30.6 Å². The minimum Gasteiger partial charge on any atom is -0.373 e. The number of benzene rings is 1. The highest BCUT2D eigenvalue weighted by Crippen LogP contribution is 2.28. The normalized spacial score (nSPS) is 19.4. The number of fused-ring (bicyclic) bond motifs is 1. The Morgan fingerprint density at radius 1 is 1.30 bits per heavy atom. The summed E-state index contributed by atoms with van der Waals surface area (Å²) in [5.74, 6) is -0.204. The molecule has 1 saturated heterocycles. The number of nitrogens with one attached hydrogen (secondary N) is 1. The summed E-state index contributed by atoms with van der Waals surface area (Å²) >= 11 is 6.35. The van der Waals surface area contributed by atoms with Gasteiger partial charge in [0.1, 0.15) is 5.69 Å². The Hall–Kier alpha value is -2.31. The van der Waals surface area contributed by atoms with E-state index in [9.17, 15) is 9.59 Å². The van der Waals surface area contributed by atoms with Gasteiger partial charge in [-0.2, -0.15) is 0 Å². The third-order valence-corrected chi connectivity index (χ3v) is 6.52. The Kier molecular flexibility index (Phi) is 6.16. The van der Waals surface area contributed by atoms with Crippen LogP contribution in [0.15, 0.2) is 30.3 Å². The molecule has 0 spiro atoms. The molecule has 3 heterocycles. The summed E-state index contributed by atoms with van der Waals surface area (Å²) in [5.41, 5.74) is 2.75. The molecule has 4 rings (SSSR count). The van der Waals surface area contributed by atoms with Crippen molar-refractivity contribution in [1.29, 1.82) is 0 Å². The van der Waals surface area contributed by atoms with Gasteiger partial charge in [0.2, 0.25) is 0 Å². The highest BCUT2D eigenvalue weighted by molar-refractivity contribution is 6.31. The molecule has 1 aromatic heterocycles. The topological polar surface area (TPSA) is 63.6 Å². The van der Waals surface area contributed by atoms with Crippen LogP contribution in [0.1, 0.15) is 71.3 Å². The van der Waals surface area contributed by atoms with Crippen molar-refractivity contribution in [3.63, 3.8) is 0 Å². The molecule has 2 aliphatic heterocycles. The molecule has 0 bridgehead atoms. The molecular weight excluding hydrogens is 402 g/mol. The number of carbonyl (C=O) groups is 2. The minimum absolute atomic E-state index is 0.000320. The van der Waals surface area contributed by atoms with Crippen LogP contribution in [0.2, 0.25) is 5.02 Å². The van der Waals surface area contributed by atoms with E-state index in [4.69, 9.17) is 16.3 Å². The van der Waals surface area contributed by atoms with Gasteiger partial charge in [0.25, 0.3) is 11.8 Å². The van der Waals surface area contributed by atoms with Crippen LogP contribution in [0.4, 0.5) is 0 Å². The Bertz CT molecular complexity index is 955. The van der Waals surface area contributed by atoms with Crippen LogP contribution < -0.4 is 5.32 Å². The number of aromatic nitrogens is 1. The Morgan fingerprint density at radius 3 is 2.80 bits per heavy atom. The number of hydrogen-bond donors (Lipinski definition) is 1. The number of nitrogens with zero attached hydrogens (tertiary/aromatic N) is 2. The van der Waals surface area contributed by atoms with Gasteiger partial charge in [-0.15, -0.1) is 0 Å². The molecule has 2 aliphatic rings. The van der Waals surface area contributed by atoms with Crippen molar-refractivity contribution in [1.82, 2.24) is 14.8 Å². The molecule has 0 saturated carbocycles. The maximum absolute atomic E-state index is 13.2. The van der Waals surface area contributed by atoms with E-state index in [-0.39, 0.29) is 23.9 Å². The van der Waals surface area contributed by atoms with Gasteiger partial charge in [0.05, 0.1) is 30.5 Å². The molecule has 2 aromatic rings. The zero-order valence-electron chi connectivity index (χ0n) is 17.5. The van der Waals surface area contributed by atoms with Crippen LogP contribution in [0.25, 0.3) is 0 Å². The lowest BCUT2D eigenvalue weighted by Gasteiger charge is -2.24. The van der Waals surface area contributed by atoms with Crippen molar-refractivity contribution < 1.29 is 14.3 Å². The number of halogens is 1. The van der Waals surface area contributed by atoms with E-state index in [2.05, 4.69) is 12.2 Å². The zero-order valence-corrected chi connectivity index (χ0v) is 18.2. The van der Waals surface area contributed by atoms with E-state index in [1.807, 2.05) is 40.7 Å². The molecule has 30 heavy (non-hydrogen) atoms. The Labute approximate surface area is 182 Å². The number of likely N-dealkylation sites (tertiary alicyclic amines) is 1. The molecule has 1 unspecified atom stereocenters. The first-order valence-corrected chi connectivity index (χ1v) is 11.1. The molecular formula is C23H28ClN3O3. The lowest BCUT2D eigenvalue weighted by atomic mass is 10.0. The van der Waals surface area contributed by atoms with Gasteiger partial charge in [-0.25, -0.2) is 0 Å². The molecule has 6 nitrogen and oxygen atoms in total. The monoisotopic (exact) mass is 429 g/mol. The van der Waals surface area contributed by atoms with Gasteiger partial charge in [-0.3, -0.25) is 9.59 Å². The highest BCUT2D eigenvalue weighted by atomic mass is 35.5. The first-order chi connectivity index (χ1) is 14.5. The largest absolute Gasteiger partial charge is 0.373 e. The number of hydrogen-bond acceptors (Lipinski definition) is 3. The van der Waals surface area contributed by atoms with E-state index in [1.54, 1.807) is 6.07 Å². The summed E-state index contributed by atoms with van der Waals surface area (Å²) in [6.07, 6.45) is 2.75. The lowest BCUT2D eigenvalue weighted by Crippen LogP contribution is -2.35. The summed E-state index contributed by atoms with van der Waals surface area (Å²) < 4.78 is 7.58. The predicted octanol–water partition coefficient (Wildman–Crippen LogP) is 4.18. The molecule has 0 aliphatic carbocycles. The predicted molar refractivity (Wildman–Crippen MR) is 116 cm³/mol. The van der Waals surface area contributed by atoms with Crippen LogP contribution >= 0.6 is 11.6 Å². The third-order valence-electron chi connectivity index (χ3n) is 6.18. The Morgan fingerprint density at radius 2 is 2.10 bits per heavy atom. The van der Waals surface area contributed by atoms with Crippen LogP contribution in [0, 0.1) is 0 Å². The van der Waals surface area contributed by atoms with Crippen LogP contribution in [-0.4, -0.2) is 40.5 Å². The summed E-state index contributed by atoms with van der Waals surface area (Å²) in [6, 6.07) is 9.31. The van der Waals surface area contributed by atoms with Crippen molar-refractivity contribution in [2.24, 2.45) is 0 Å². The number of rotatable bonds is 5. The molecule has 0 radical (unpaired) electrons. The summed E-state index contributed by atoms with van der Waals surface area (Å²) in [7, 11) is 0. The van der Waals surface area contributed by atoms with Gasteiger partial charge in [-0.1, -0.05) is 36.7 Å². The minimum atomic E-state index is -0.205. The average Bonchev–Trinajstić information content (AvgIpc) is 3.36. The summed E-state index contributed by atoms with van der Waals surface area (Å²) in [4.78, 5) is 28.4. The van der Waals surface area contributed by atoms with E-state index in [1.165, 1.54) is 0 Å². The molecule has 1 N–H and O–H groups in total. The Balaban J connectivity index is 1.63. The van der Waals surface area contributed by atoms with Gasteiger partial charge in [0.15, 0.2) is 0 Å². The number of amides is 2. The average molecular weight is 430 g/mol. The highest BCUT2D eigenvalue weighted by Gasteiger charge is 2.32. The first kappa shape index (κ1) is 20.9. The molecule has 160 valence electrons. The van der Waals surface area contributed by atoms with Crippen molar-refractivity contribution >= 4 is 23.4 Å². The summed E-state index contributed by atoms with van der Waals surface area (Å²) in [6.45, 7) is 6.30. The van der Waals surface area contributed by atoms with Crippen LogP contribution in [0.5, 0.6) is 0 Å². The fourth-order valence-electron chi connectivity index (χ4n) is 4.47. The van der Waals surface area contributed by atoms with E-state index in [0.29, 0.717) is 42.5 Å². The standard InChI is InChI=1S/C23H28ClN3O3/c1-3-19(16-8-4-5-9-18(16)24)25-22(28)17-13-20(27-11-12-30-14-21(17)27)23(29)26-10-6-7-15(26)2/h4-5,8-9,13,15,19H,3,6-7,10-12,14H2,1-2H3,(H,25,28)/t15?,19-/m1/s1. The molecule has 7 heteroatoms. The smallest absolute Gasteiger partial charge is 0.270 e. The van der Waals surface area contributed by atoms with Crippen LogP contribution in [-0.2, 0) is 17.9 Å². The van der Waals surface area contributed by atoms with Crippen LogP contribution in [0.3, 0.4) is 0 Å². The van der Waals surface area contributed by atoms with Gasteiger partial charge < -0.3 is 19.5 Å². The molecule has 1 fully saturated rings.